The van der Waals surface area contributed by atoms with Crippen LogP contribution in [-0.2, 0) is 16.2 Å². The number of carbonyl (C=O) groups is 2. The number of nitrogens with zero attached hydrogens (tertiary/aromatic N) is 1. The molecule has 9 heteroatoms. The molecule has 0 heterocycles. The summed E-state index contributed by atoms with van der Waals surface area (Å²) in [5.74, 6) is -0.721. The Balaban J connectivity index is 1.54. The average Bonchev–Trinajstić information content (AvgIpc) is 2.80. The number of rotatable bonds is 8. The minimum absolute atomic E-state index is 0.261. The van der Waals surface area contributed by atoms with Crippen LogP contribution in [0.15, 0.2) is 71.8 Å². The highest BCUT2D eigenvalue weighted by Crippen LogP contribution is 2.24. The summed E-state index contributed by atoms with van der Waals surface area (Å²) in [6.45, 7) is 2.52. The third-order valence-electron chi connectivity index (χ3n) is 4.29. The Hall–Kier alpha value is -3.55. The number of halogens is 2. The fourth-order valence-electron chi connectivity index (χ4n) is 2.73. The number of carbonyl (C=O) groups excluding carboxylic acids is 2. The molecule has 0 spiro atoms. The summed E-state index contributed by atoms with van der Waals surface area (Å²) in [4.78, 5) is 24.2. The monoisotopic (exact) mass is 485 g/mol. The molecule has 2 N–H and O–H groups in total. The highest BCUT2D eigenvalue weighted by Gasteiger charge is 2.15. The van der Waals surface area contributed by atoms with E-state index >= 15 is 0 Å². The number of ether oxygens (including phenoxy) is 2. The molecule has 0 aliphatic carbocycles. The minimum Gasteiger partial charge on any atom is -0.492 e. The largest absolute Gasteiger partial charge is 0.492 e. The second-order valence-corrected chi connectivity index (χ2v) is 7.52. The van der Waals surface area contributed by atoms with Crippen LogP contribution in [0.3, 0.4) is 0 Å². The standard InChI is InChI=1S/C24H21Cl2N3O4/c1-2-32-22-9-4-3-8-21(22)28-23(30)24(31)29-27-14-16-6-5-7-19(12-16)33-15-17-10-11-18(25)13-20(17)26/h3-14H,2,15H2,1H3,(H,28,30)(H,29,31)/b27-14-. The van der Waals surface area contributed by atoms with Gasteiger partial charge < -0.3 is 14.8 Å². The number of nitrogens with one attached hydrogen (secondary N) is 2. The Morgan fingerprint density at radius 1 is 0.970 bits per heavy atom. The zero-order valence-corrected chi connectivity index (χ0v) is 19.2. The number of amides is 2. The Labute approximate surface area is 201 Å². The second-order valence-electron chi connectivity index (χ2n) is 6.68. The molecule has 0 atom stereocenters. The Morgan fingerprint density at radius 2 is 1.79 bits per heavy atom. The zero-order valence-electron chi connectivity index (χ0n) is 17.7. The normalized spacial score (nSPS) is 10.6. The Bertz CT molecular complexity index is 1170. The molecule has 3 rings (SSSR count). The number of hydrogen-bond donors (Lipinski definition) is 2. The van der Waals surface area contributed by atoms with E-state index < -0.39 is 11.8 Å². The molecule has 170 valence electrons. The van der Waals surface area contributed by atoms with Crippen molar-refractivity contribution >= 4 is 46.9 Å². The van der Waals surface area contributed by atoms with Gasteiger partial charge >= 0.3 is 11.8 Å². The van der Waals surface area contributed by atoms with Gasteiger partial charge in [-0.25, -0.2) is 5.43 Å². The van der Waals surface area contributed by atoms with E-state index in [9.17, 15) is 9.59 Å². The molecule has 7 nitrogen and oxygen atoms in total. The lowest BCUT2D eigenvalue weighted by molar-refractivity contribution is -0.136. The van der Waals surface area contributed by atoms with Gasteiger partial charge in [-0.3, -0.25) is 9.59 Å². The first-order valence-electron chi connectivity index (χ1n) is 9.99. The molecule has 0 saturated carbocycles. The SMILES string of the molecule is CCOc1ccccc1NC(=O)C(=O)N/N=C\c1cccc(OCc2ccc(Cl)cc2Cl)c1. The van der Waals surface area contributed by atoms with Crippen molar-refractivity contribution in [1.82, 2.24) is 5.43 Å². The summed E-state index contributed by atoms with van der Waals surface area (Å²) in [6, 6.07) is 19.1. The van der Waals surface area contributed by atoms with Crippen LogP contribution < -0.4 is 20.2 Å². The van der Waals surface area contributed by atoms with Crippen LogP contribution in [0.25, 0.3) is 0 Å². The number of anilines is 1. The van der Waals surface area contributed by atoms with Crippen molar-refractivity contribution in [3.63, 3.8) is 0 Å². The lowest BCUT2D eigenvalue weighted by atomic mass is 10.2. The van der Waals surface area contributed by atoms with Gasteiger partial charge in [-0.05, 0) is 48.9 Å². The van der Waals surface area contributed by atoms with Crippen molar-refractivity contribution in [2.75, 3.05) is 11.9 Å². The van der Waals surface area contributed by atoms with E-state index in [1.165, 1.54) is 6.21 Å². The maximum absolute atomic E-state index is 12.1. The topological polar surface area (TPSA) is 89.0 Å². The summed E-state index contributed by atoms with van der Waals surface area (Å²) < 4.78 is 11.2. The molecule has 2 amide bonds. The van der Waals surface area contributed by atoms with Crippen molar-refractivity contribution in [3.8, 4) is 11.5 Å². The van der Waals surface area contributed by atoms with Gasteiger partial charge in [0, 0.05) is 15.6 Å². The van der Waals surface area contributed by atoms with Crippen LogP contribution in [0.2, 0.25) is 10.0 Å². The fraction of sp³-hybridized carbons (Fsp3) is 0.125. The smallest absolute Gasteiger partial charge is 0.329 e. The van der Waals surface area contributed by atoms with E-state index in [0.717, 1.165) is 5.56 Å². The molecule has 0 fully saturated rings. The van der Waals surface area contributed by atoms with Gasteiger partial charge in [-0.2, -0.15) is 5.10 Å². The predicted octanol–water partition coefficient (Wildman–Crippen LogP) is 5.06. The number of benzene rings is 3. The van der Waals surface area contributed by atoms with Gasteiger partial charge in [0.2, 0.25) is 0 Å². The van der Waals surface area contributed by atoms with Gasteiger partial charge in [0.1, 0.15) is 18.1 Å². The molecule has 0 saturated heterocycles. The molecule has 0 unspecified atom stereocenters. The van der Waals surface area contributed by atoms with Crippen LogP contribution in [0, 0.1) is 0 Å². The Morgan fingerprint density at radius 3 is 2.58 bits per heavy atom. The van der Waals surface area contributed by atoms with E-state index in [2.05, 4.69) is 15.8 Å². The van der Waals surface area contributed by atoms with Crippen LogP contribution in [0.1, 0.15) is 18.1 Å². The molecule has 3 aromatic rings. The van der Waals surface area contributed by atoms with E-state index in [4.69, 9.17) is 32.7 Å². The zero-order chi connectivity index (χ0) is 23.6. The lowest BCUT2D eigenvalue weighted by Crippen LogP contribution is -2.32. The van der Waals surface area contributed by atoms with E-state index in [0.29, 0.717) is 39.4 Å². The number of hydrogen-bond acceptors (Lipinski definition) is 5. The number of para-hydroxylation sites is 2. The van der Waals surface area contributed by atoms with Gasteiger partial charge in [-0.15, -0.1) is 0 Å². The molecular weight excluding hydrogens is 465 g/mol. The third-order valence-corrected chi connectivity index (χ3v) is 4.88. The van der Waals surface area contributed by atoms with Crippen LogP contribution >= 0.6 is 23.2 Å². The van der Waals surface area contributed by atoms with Gasteiger partial charge in [0.15, 0.2) is 0 Å². The molecule has 0 radical (unpaired) electrons. The van der Waals surface area contributed by atoms with Crippen molar-refractivity contribution in [2.24, 2.45) is 5.10 Å². The predicted molar refractivity (Wildman–Crippen MR) is 129 cm³/mol. The molecular formula is C24H21Cl2N3O4. The molecule has 0 bridgehead atoms. The molecule has 0 aromatic heterocycles. The Kier molecular flexibility index (Phi) is 8.69. The van der Waals surface area contributed by atoms with Crippen molar-refractivity contribution < 1.29 is 19.1 Å². The lowest BCUT2D eigenvalue weighted by Gasteiger charge is -2.10. The van der Waals surface area contributed by atoms with Gasteiger partial charge in [0.25, 0.3) is 0 Å². The summed E-state index contributed by atoms with van der Waals surface area (Å²) >= 11 is 12.1. The first-order chi connectivity index (χ1) is 16.0. The van der Waals surface area contributed by atoms with Crippen molar-refractivity contribution in [3.05, 3.63) is 87.9 Å². The van der Waals surface area contributed by atoms with Gasteiger partial charge in [-0.1, -0.05) is 53.5 Å². The minimum atomic E-state index is -0.915. The average molecular weight is 486 g/mol. The first kappa shape index (κ1) is 24.1. The van der Waals surface area contributed by atoms with Gasteiger partial charge in [0.05, 0.1) is 18.5 Å². The molecule has 0 aliphatic rings. The summed E-state index contributed by atoms with van der Waals surface area (Å²) in [7, 11) is 0. The van der Waals surface area contributed by atoms with Crippen LogP contribution in [0.5, 0.6) is 11.5 Å². The molecule has 0 aliphatic heterocycles. The van der Waals surface area contributed by atoms with E-state index in [1.807, 2.05) is 6.92 Å². The quantitative estimate of drug-likeness (QED) is 0.265. The highest BCUT2D eigenvalue weighted by molar-refractivity contribution is 6.39. The first-order valence-corrected chi connectivity index (χ1v) is 10.7. The summed E-state index contributed by atoms with van der Waals surface area (Å²) in [5, 5.41) is 7.41. The summed E-state index contributed by atoms with van der Waals surface area (Å²) in [5.41, 5.74) is 4.06. The van der Waals surface area contributed by atoms with Crippen LogP contribution in [0.4, 0.5) is 5.69 Å². The second kappa shape index (κ2) is 11.9. The van der Waals surface area contributed by atoms with E-state index in [1.54, 1.807) is 66.7 Å². The maximum atomic E-state index is 12.1. The van der Waals surface area contributed by atoms with Crippen LogP contribution in [-0.4, -0.2) is 24.6 Å². The number of hydrazone groups is 1. The van der Waals surface area contributed by atoms with E-state index in [-0.39, 0.29) is 6.61 Å². The molecule has 3 aromatic carbocycles. The summed E-state index contributed by atoms with van der Waals surface area (Å²) in [6.07, 6.45) is 1.40. The third kappa shape index (κ3) is 7.24. The molecule has 33 heavy (non-hydrogen) atoms. The van der Waals surface area contributed by atoms with Crippen molar-refractivity contribution in [2.45, 2.75) is 13.5 Å². The fourth-order valence-corrected chi connectivity index (χ4v) is 3.19. The maximum Gasteiger partial charge on any atom is 0.329 e. The van der Waals surface area contributed by atoms with Crippen molar-refractivity contribution in [1.29, 1.82) is 0 Å². The highest BCUT2D eigenvalue weighted by atomic mass is 35.5.